The first-order chi connectivity index (χ1) is 14.2. The largest absolute Gasteiger partial charge is 0.507 e. The van der Waals surface area contributed by atoms with Crippen LogP contribution >= 0.6 is 0 Å². The van der Waals surface area contributed by atoms with Gasteiger partial charge < -0.3 is 19.4 Å². The molecule has 1 aliphatic heterocycles. The summed E-state index contributed by atoms with van der Waals surface area (Å²) >= 11 is 0. The number of hydrogen-bond donors (Lipinski definition) is 2. The van der Waals surface area contributed by atoms with Gasteiger partial charge in [0.05, 0.1) is 18.1 Å². The number of phenolic OH excluding ortho intramolecular Hbond substituents is 1. The van der Waals surface area contributed by atoms with Gasteiger partial charge in [0.1, 0.15) is 28.1 Å². The first-order valence-corrected chi connectivity index (χ1v) is 10.0. The molecule has 2 N–H and O–H groups in total. The van der Waals surface area contributed by atoms with Crippen LogP contribution in [0.1, 0.15) is 43.6 Å². The maximum absolute atomic E-state index is 13.6. The lowest BCUT2D eigenvalue weighted by atomic mass is 9.85. The van der Waals surface area contributed by atoms with E-state index in [0.29, 0.717) is 35.5 Å². The monoisotopic (exact) mass is 406 g/mol. The summed E-state index contributed by atoms with van der Waals surface area (Å²) in [5.74, 6) is 0.0353. The van der Waals surface area contributed by atoms with E-state index < -0.39 is 6.10 Å². The number of phenols is 1. The van der Waals surface area contributed by atoms with Gasteiger partial charge in [-0.15, -0.1) is 0 Å². The summed E-state index contributed by atoms with van der Waals surface area (Å²) in [4.78, 5) is 13.6. The first kappa shape index (κ1) is 20.2. The summed E-state index contributed by atoms with van der Waals surface area (Å²) in [6, 6.07) is 5.05. The summed E-state index contributed by atoms with van der Waals surface area (Å²) in [5.41, 5.74) is 4.30. The molecule has 2 atom stereocenters. The van der Waals surface area contributed by atoms with Gasteiger partial charge in [-0.3, -0.25) is 4.79 Å². The van der Waals surface area contributed by atoms with E-state index >= 15 is 0 Å². The standard InChI is InChI=1S/C25H26O5/c1-12(2)6-7-15-8-9-17(26)19-23(28)20-18(30-25(15)19)10-14(5)24-21(20)22(27)16(11-29-24)13(3)4/h6,8-10,16,22,26-27H,3,7,11H2,1-2,4-5H3/t16-,22-/m0/s1. The Labute approximate surface area is 174 Å². The molecule has 1 aliphatic rings. The molecule has 0 saturated carbocycles. The first-order valence-electron chi connectivity index (χ1n) is 10.0. The molecule has 0 spiro atoms. The van der Waals surface area contributed by atoms with Gasteiger partial charge in [-0.2, -0.15) is 0 Å². The Morgan fingerprint density at radius 2 is 2.00 bits per heavy atom. The van der Waals surface area contributed by atoms with Crippen molar-refractivity contribution in [2.24, 2.45) is 5.92 Å². The molecular formula is C25H26O5. The molecule has 2 heterocycles. The van der Waals surface area contributed by atoms with Crippen LogP contribution in [0, 0.1) is 12.8 Å². The molecular weight excluding hydrogens is 380 g/mol. The number of aliphatic hydroxyl groups is 1. The predicted octanol–water partition coefficient (Wildman–Crippen LogP) is 5.09. The van der Waals surface area contributed by atoms with Crippen LogP contribution in [-0.4, -0.2) is 16.8 Å². The minimum Gasteiger partial charge on any atom is -0.507 e. The minimum atomic E-state index is -0.940. The molecule has 1 aromatic heterocycles. The zero-order valence-corrected chi connectivity index (χ0v) is 17.7. The number of fused-ring (bicyclic) bond motifs is 4. The number of benzene rings is 2. The number of hydrogen-bond acceptors (Lipinski definition) is 5. The molecule has 156 valence electrons. The molecule has 5 nitrogen and oxygen atoms in total. The second-order valence-electron chi connectivity index (χ2n) is 8.38. The van der Waals surface area contributed by atoms with Crippen molar-refractivity contribution >= 4 is 21.9 Å². The summed E-state index contributed by atoms with van der Waals surface area (Å²) in [7, 11) is 0. The molecule has 3 aromatic rings. The fraction of sp³-hybridized carbons (Fsp3) is 0.320. The van der Waals surface area contributed by atoms with Crippen LogP contribution in [0.25, 0.3) is 21.9 Å². The van der Waals surface area contributed by atoms with Crippen LogP contribution < -0.4 is 10.2 Å². The van der Waals surface area contributed by atoms with Crippen LogP contribution in [0.4, 0.5) is 0 Å². The number of aromatic hydroxyl groups is 1. The molecule has 0 fully saturated rings. The Balaban J connectivity index is 2.10. The van der Waals surface area contributed by atoms with Gasteiger partial charge in [0.25, 0.3) is 0 Å². The fourth-order valence-electron chi connectivity index (χ4n) is 4.12. The zero-order chi connectivity index (χ0) is 21.7. The quantitative estimate of drug-likeness (QED) is 0.468. The van der Waals surface area contributed by atoms with Crippen molar-refractivity contribution in [3.8, 4) is 11.5 Å². The van der Waals surface area contributed by atoms with Crippen molar-refractivity contribution in [2.45, 2.75) is 40.2 Å². The Bertz CT molecular complexity index is 1270. The number of ether oxygens (including phenoxy) is 1. The van der Waals surface area contributed by atoms with Crippen LogP contribution in [0.3, 0.4) is 0 Å². The molecule has 4 rings (SSSR count). The molecule has 0 amide bonds. The average Bonchev–Trinajstić information content (AvgIpc) is 2.67. The molecule has 0 unspecified atom stereocenters. The van der Waals surface area contributed by atoms with E-state index in [9.17, 15) is 15.0 Å². The SMILES string of the molecule is C=C(C)[C@@H]1COc2c(C)cc3oc4c(CC=C(C)C)ccc(O)c4c(=O)c3c2[C@H]1O. The zero-order valence-electron chi connectivity index (χ0n) is 17.7. The van der Waals surface area contributed by atoms with Crippen molar-refractivity contribution in [3.05, 3.63) is 68.9 Å². The summed E-state index contributed by atoms with van der Waals surface area (Å²) in [5, 5.41) is 22.0. The fourth-order valence-corrected chi connectivity index (χ4v) is 4.12. The highest BCUT2D eigenvalue weighted by atomic mass is 16.5. The van der Waals surface area contributed by atoms with E-state index in [1.54, 1.807) is 12.1 Å². The van der Waals surface area contributed by atoms with Crippen LogP contribution in [0.15, 0.2) is 51.2 Å². The van der Waals surface area contributed by atoms with Crippen molar-refractivity contribution in [1.29, 1.82) is 0 Å². The average molecular weight is 406 g/mol. The summed E-state index contributed by atoms with van der Waals surface area (Å²) < 4.78 is 12.1. The normalized spacial score (nSPS) is 18.2. The van der Waals surface area contributed by atoms with Crippen LogP contribution in [0.2, 0.25) is 0 Å². The highest BCUT2D eigenvalue weighted by Gasteiger charge is 2.34. The lowest BCUT2D eigenvalue weighted by Crippen LogP contribution is -2.28. The van der Waals surface area contributed by atoms with E-state index in [4.69, 9.17) is 9.15 Å². The highest BCUT2D eigenvalue weighted by Crippen LogP contribution is 2.44. The second kappa shape index (κ2) is 7.33. The molecule has 30 heavy (non-hydrogen) atoms. The summed E-state index contributed by atoms with van der Waals surface area (Å²) in [6.07, 6.45) is 1.69. The Morgan fingerprint density at radius 1 is 1.27 bits per heavy atom. The minimum absolute atomic E-state index is 0.123. The van der Waals surface area contributed by atoms with E-state index in [1.165, 1.54) is 6.07 Å². The lowest BCUT2D eigenvalue weighted by Gasteiger charge is -2.32. The van der Waals surface area contributed by atoms with E-state index in [0.717, 1.165) is 22.3 Å². The highest BCUT2D eigenvalue weighted by molar-refractivity contribution is 5.97. The molecule has 0 bridgehead atoms. The van der Waals surface area contributed by atoms with Gasteiger partial charge in [0.2, 0.25) is 5.43 Å². The van der Waals surface area contributed by atoms with Gasteiger partial charge in [-0.25, -0.2) is 0 Å². The lowest BCUT2D eigenvalue weighted by molar-refractivity contribution is 0.0701. The van der Waals surface area contributed by atoms with Gasteiger partial charge in [0, 0.05) is 11.5 Å². The van der Waals surface area contributed by atoms with Crippen LogP contribution in [-0.2, 0) is 6.42 Å². The third kappa shape index (κ3) is 3.10. The smallest absolute Gasteiger partial charge is 0.204 e. The third-order valence-corrected chi connectivity index (χ3v) is 5.80. The van der Waals surface area contributed by atoms with Gasteiger partial charge >= 0.3 is 0 Å². The second-order valence-corrected chi connectivity index (χ2v) is 8.38. The molecule has 5 heteroatoms. The van der Waals surface area contributed by atoms with Crippen molar-refractivity contribution < 1.29 is 19.4 Å². The molecule has 0 saturated heterocycles. The Kier molecular flexibility index (Phi) is 4.94. The number of allylic oxidation sites excluding steroid dienone is 2. The maximum atomic E-state index is 13.6. The number of aryl methyl sites for hydroxylation is 1. The van der Waals surface area contributed by atoms with Crippen molar-refractivity contribution in [3.63, 3.8) is 0 Å². The van der Waals surface area contributed by atoms with Gasteiger partial charge in [-0.05, 0) is 57.4 Å². The third-order valence-electron chi connectivity index (χ3n) is 5.80. The Morgan fingerprint density at radius 3 is 2.67 bits per heavy atom. The van der Waals surface area contributed by atoms with E-state index in [1.807, 2.05) is 33.8 Å². The van der Waals surface area contributed by atoms with E-state index in [-0.39, 0.29) is 27.9 Å². The Hall–Kier alpha value is -3.05. The van der Waals surface area contributed by atoms with Gasteiger partial charge in [0.15, 0.2) is 0 Å². The van der Waals surface area contributed by atoms with Crippen molar-refractivity contribution in [2.75, 3.05) is 6.61 Å². The summed E-state index contributed by atoms with van der Waals surface area (Å²) in [6.45, 7) is 12.0. The topological polar surface area (TPSA) is 79.9 Å². The number of rotatable bonds is 3. The van der Waals surface area contributed by atoms with Gasteiger partial charge in [-0.1, -0.05) is 29.9 Å². The molecule has 0 aliphatic carbocycles. The molecule has 0 radical (unpaired) electrons. The molecule has 2 aromatic carbocycles. The van der Waals surface area contributed by atoms with Crippen molar-refractivity contribution in [1.82, 2.24) is 0 Å². The van der Waals surface area contributed by atoms with Crippen LogP contribution in [0.5, 0.6) is 11.5 Å². The maximum Gasteiger partial charge on any atom is 0.204 e. The predicted molar refractivity (Wildman–Crippen MR) is 118 cm³/mol. The number of aliphatic hydroxyl groups excluding tert-OH is 1. The van der Waals surface area contributed by atoms with E-state index in [2.05, 4.69) is 6.58 Å².